The molecule has 100 valence electrons. The third-order valence-corrected chi connectivity index (χ3v) is 5.01. The highest BCUT2D eigenvalue weighted by Gasteiger charge is 2.34. The lowest BCUT2D eigenvalue weighted by atomic mass is 9.67. The zero-order valence-corrected chi connectivity index (χ0v) is 11.5. The molecule has 0 aliphatic heterocycles. The molecule has 2 fully saturated rings. The maximum absolute atomic E-state index is 4.41. The van der Waals surface area contributed by atoms with Gasteiger partial charge in [0.15, 0.2) is 0 Å². The van der Waals surface area contributed by atoms with Gasteiger partial charge in [0, 0.05) is 12.5 Å². The summed E-state index contributed by atoms with van der Waals surface area (Å²) in [4.78, 5) is 0. The minimum Gasteiger partial charge on any atom is -0.317 e. The van der Waals surface area contributed by atoms with E-state index in [1.54, 1.807) is 0 Å². The molecule has 1 aromatic rings. The van der Waals surface area contributed by atoms with E-state index >= 15 is 0 Å². The number of hydrogen-bond acceptors (Lipinski definition) is 2. The molecule has 3 atom stereocenters. The summed E-state index contributed by atoms with van der Waals surface area (Å²) in [5, 5.41) is 8.54. The Morgan fingerprint density at radius 2 is 2.00 bits per heavy atom. The molecule has 3 nitrogen and oxygen atoms in total. The Balaban J connectivity index is 1.71. The van der Waals surface area contributed by atoms with Crippen molar-refractivity contribution in [3.05, 3.63) is 12.2 Å². The highest BCUT2D eigenvalue weighted by molar-refractivity contribution is 5.01. The first kappa shape index (κ1) is 12.2. The fourth-order valence-corrected chi connectivity index (χ4v) is 4.10. The van der Waals surface area contributed by atoms with Gasteiger partial charge in [-0.3, -0.25) is 0 Å². The summed E-state index contributed by atoms with van der Waals surface area (Å²) in [6.45, 7) is 3.30. The Kier molecular flexibility index (Phi) is 3.67. The maximum atomic E-state index is 4.41. The van der Waals surface area contributed by atoms with E-state index in [0.29, 0.717) is 5.92 Å². The van der Waals surface area contributed by atoms with Gasteiger partial charge in [0.1, 0.15) is 12.2 Å². The average molecular weight is 247 g/mol. The van der Waals surface area contributed by atoms with Crippen LogP contribution in [0.4, 0.5) is 0 Å². The first-order valence-corrected chi connectivity index (χ1v) is 7.76. The van der Waals surface area contributed by atoms with Crippen molar-refractivity contribution in [3.8, 4) is 0 Å². The quantitative estimate of drug-likeness (QED) is 0.814. The summed E-state index contributed by atoms with van der Waals surface area (Å²) >= 11 is 0. The summed E-state index contributed by atoms with van der Waals surface area (Å²) in [5.41, 5.74) is 0. The lowest BCUT2D eigenvalue weighted by molar-refractivity contribution is 0.151. The second-order valence-corrected chi connectivity index (χ2v) is 6.20. The Morgan fingerprint density at radius 1 is 1.17 bits per heavy atom. The fraction of sp³-hybridized carbons (Fsp3) is 0.867. The monoisotopic (exact) mass is 247 g/mol. The molecule has 1 heterocycles. The van der Waals surface area contributed by atoms with E-state index in [2.05, 4.69) is 21.7 Å². The van der Waals surface area contributed by atoms with E-state index < -0.39 is 0 Å². The van der Waals surface area contributed by atoms with Gasteiger partial charge in [-0.2, -0.15) is 0 Å². The predicted octanol–water partition coefficient (Wildman–Crippen LogP) is 3.76. The van der Waals surface area contributed by atoms with E-state index in [1.165, 1.54) is 57.2 Å². The predicted molar refractivity (Wildman–Crippen MR) is 72.4 cm³/mol. The number of aromatic nitrogens is 3. The van der Waals surface area contributed by atoms with E-state index in [0.717, 1.165) is 18.4 Å². The number of rotatable bonds is 3. The minimum atomic E-state index is 0.679. The van der Waals surface area contributed by atoms with Gasteiger partial charge in [0.25, 0.3) is 0 Å². The van der Waals surface area contributed by atoms with Gasteiger partial charge < -0.3 is 4.57 Å². The molecule has 2 aliphatic carbocycles. The van der Waals surface area contributed by atoms with Crippen molar-refractivity contribution in [1.82, 2.24) is 14.8 Å². The van der Waals surface area contributed by atoms with Crippen LogP contribution in [0.1, 0.15) is 70.0 Å². The molecule has 0 bridgehead atoms. The molecule has 0 spiro atoms. The zero-order chi connectivity index (χ0) is 12.4. The van der Waals surface area contributed by atoms with Crippen LogP contribution in [-0.2, 0) is 6.54 Å². The average Bonchev–Trinajstić information content (AvgIpc) is 2.87. The van der Waals surface area contributed by atoms with E-state index in [9.17, 15) is 0 Å². The number of nitrogens with zero attached hydrogens (tertiary/aromatic N) is 3. The van der Waals surface area contributed by atoms with Crippen LogP contribution >= 0.6 is 0 Å². The molecule has 1 aromatic heterocycles. The molecule has 2 aliphatic rings. The molecule has 3 heteroatoms. The zero-order valence-electron chi connectivity index (χ0n) is 11.5. The molecule has 3 unspecified atom stereocenters. The molecule has 2 saturated carbocycles. The third kappa shape index (κ3) is 2.32. The topological polar surface area (TPSA) is 30.7 Å². The van der Waals surface area contributed by atoms with Crippen LogP contribution in [0.3, 0.4) is 0 Å². The Labute approximate surface area is 110 Å². The van der Waals surface area contributed by atoms with Crippen LogP contribution in [-0.4, -0.2) is 14.8 Å². The Hall–Kier alpha value is -0.860. The summed E-state index contributed by atoms with van der Waals surface area (Å²) < 4.78 is 2.29. The normalized spacial score (nSPS) is 32.2. The molecule has 0 radical (unpaired) electrons. The molecular formula is C15H25N3. The van der Waals surface area contributed by atoms with E-state index in [-0.39, 0.29) is 0 Å². The SMILES string of the molecule is CCCn1cnnc1C1CCC2CCCCC2C1. The van der Waals surface area contributed by atoms with Crippen LogP contribution in [0.5, 0.6) is 0 Å². The first-order chi connectivity index (χ1) is 8.88. The van der Waals surface area contributed by atoms with Crippen molar-refractivity contribution in [2.24, 2.45) is 11.8 Å². The standard InChI is InChI=1S/C15H25N3/c1-2-9-18-11-16-17-15(18)14-8-7-12-5-3-4-6-13(12)10-14/h11-14H,2-10H2,1H3. The summed E-state index contributed by atoms with van der Waals surface area (Å²) in [5.74, 6) is 3.95. The van der Waals surface area contributed by atoms with Crippen molar-refractivity contribution in [3.63, 3.8) is 0 Å². The van der Waals surface area contributed by atoms with Gasteiger partial charge in [0.05, 0.1) is 0 Å². The minimum absolute atomic E-state index is 0.679. The van der Waals surface area contributed by atoms with Crippen LogP contribution < -0.4 is 0 Å². The van der Waals surface area contributed by atoms with Crippen molar-refractivity contribution in [2.75, 3.05) is 0 Å². The van der Waals surface area contributed by atoms with E-state index in [4.69, 9.17) is 0 Å². The van der Waals surface area contributed by atoms with Crippen LogP contribution in [0.2, 0.25) is 0 Å². The lowest BCUT2D eigenvalue weighted by Gasteiger charge is -2.39. The number of fused-ring (bicyclic) bond motifs is 1. The first-order valence-electron chi connectivity index (χ1n) is 7.76. The number of hydrogen-bond donors (Lipinski definition) is 0. The van der Waals surface area contributed by atoms with Gasteiger partial charge >= 0.3 is 0 Å². The summed E-state index contributed by atoms with van der Waals surface area (Å²) in [6, 6.07) is 0. The molecule has 0 saturated heterocycles. The largest absolute Gasteiger partial charge is 0.317 e. The lowest BCUT2D eigenvalue weighted by Crippen LogP contribution is -2.28. The van der Waals surface area contributed by atoms with Crippen LogP contribution in [0, 0.1) is 11.8 Å². The highest BCUT2D eigenvalue weighted by atomic mass is 15.3. The van der Waals surface area contributed by atoms with Crippen molar-refractivity contribution < 1.29 is 0 Å². The molecule has 18 heavy (non-hydrogen) atoms. The second-order valence-electron chi connectivity index (χ2n) is 6.20. The van der Waals surface area contributed by atoms with Crippen LogP contribution in [0.25, 0.3) is 0 Å². The van der Waals surface area contributed by atoms with Gasteiger partial charge in [0.2, 0.25) is 0 Å². The van der Waals surface area contributed by atoms with Crippen molar-refractivity contribution in [2.45, 2.75) is 70.8 Å². The molecule has 0 N–H and O–H groups in total. The van der Waals surface area contributed by atoms with Gasteiger partial charge in [-0.05, 0) is 37.5 Å². The van der Waals surface area contributed by atoms with Crippen molar-refractivity contribution in [1.29, 1.82) is 0 Å². The number of aryl methyl sites for hydroxylation is 1. The Morgan fingerprint density at radius 3 is 2.83 bits per heavy atom. The van der Waals surface area contributed by atoms with Crippen molar-refractivity contribution >= 4 is 0 Å². The molecule has 0 aromatic carbocycles. The smallest absolute Gasteiger partial charge is 0.135 e. The van der Waals surface area contributed by atoms with Gasteiger partial charge in [-0.15, -0.1) is 10.2 Å². The van der Waals surface area contributed by atoms with Gasteiger partial charge in [-0.1, -0.05) is 32.6 Å². The summed E-state index contributed by atoms with van der Waals surface area (Å²) in [7, 11) is 0. The molecule has 0 amide bonds. The molecule has 3 rings (SSSR count). The van der Waals surface area contributed by atoms with Gasteiger partial charge in [-0.25, -0.2) is 0 Å². The van der Waals surface area contributed by atoms with E-state index in [1.807, 2.05) is 6.33 Å². The third-order valence-electron chi connectivity index (χ3n) is 5.01. The fourth-order valence-electron chi connectivity index (χ4n) is 4.10. The maximum Gasteiger partial charge on any atom is 0.135 e. The highest BCUT2D eigenvalue weighted by Crippen LogP contribution is 2.45. The second kappa shape index (κ2) is 5.41. The summed E-state index contributed by atoms with van der Waals surface area (Å²) in [6.07, 6.45) is 13.1. The Bertz CT molecular complexity index is 385. The molecular weight excluding hydrogens is 222 g/mol. The van der Waals surface area contributed by atoms with Crippen LogP contribution in [0.15, 0.2) is 6.33 Å².